The normalized spacial score (nSPS) is 26.9. The Labute approximate surface area is 103 Å². The summed E-state index contributed by atoms with van der Waals surface area (Å²) in [7, 11) is -3.12. The molecular weight excluding hydrogens is 248 g/mol. The van der Waals surface area contributed by atoms with E-state index in [0.717, 1.165) is 32.1 Å². The number of rotatable bonds is 6. The van der Waals surface area contributed by atoms with Crippen LogP contribution in [0, 0.1) is 0 Å². The lowest BCUT2D eigenvalue weighted by atomic mass is 9.93. The van der Waals surface area contributed by atoms with Crippen LogP contribution in [0.2, 0.25) is 0 Å². The molecule has 16 heavy (non-hydrogen) atoms. The highest BCUT2D eigenvalue weighted by molar-refractivity contribution is 7.89. The van der Waals surface area contributed by atoms with Crippen molar-refractivity contribution < 1.29 is 8.42 Å². The summed E-state index contributed by atoms with van der Waals surface area (Å²) in [5, 5.41) is 0. The zero-order valence-corrected chi connectivity index (χ0v) is 11.1. The number of unbranched alkanes of at least 4 members (excludes halogenated alkanes) is 1. The van der Waals surface area contributed by atoms with Crippen molar-refractivity contribution in [3.8, 4) is 0 Å². The van der Waals surface area contributed by atoms with Crippen molar-refractivity contribution in [2.24, 2.45) is 5.73 Å². The van der Waals surface area contributed by atoms with Gasteiger partial charge in [0.05, 0.1) is 5.75 Å². The Morgan fingerprint density at radius 2 is 1.81 bits per heavy atom. The van der Waals surface area contributed by atoms with Gasteiger partial charge in [0.2, 0.25) is 10.0 Å². The molecule has 1 saturated carbocycles. The number of sulfonamides is 1. The quantitative estimate of drug-likeness (QED) is 0.562. The van der Waals surface area contributed by atoms with Gasteiger partial charge in [0, 0.05) is 18.0 Å². The predicted molar refractivity (Wildman–Crippen MR) is 67.1 cm³/mol. The van der Waals surface area contributed by atoms with Crippen molar-refractivity contribution in [2.45, 2.75) is 50.6 Å². The topological polar surface area (TPSA) is 72.2 Å². The summed E-state index contributed by atoms with van der Waals surface area (Å²) in [6, 6.07) is 0.331. The lowest BCUT2D eigenvalue weighted by molar-refractivity contribution is 0.373. The molecule has 0 spiro atoms. The monoisotopic (exact) mass is 268 g/mol. The first-order valence-electron chi connectivity index (χ1n) is 5.85. The minimum absolute atomic E-state index is 0.0841. The van der Waals surface area contributed by atoms with Gasteiger partial charge in [0.15, 0.2) is 0 Å². The van der Waals surface area contributed by atoms with Crippen LogP contribution in [-0.2, 0) is 10.0 Å². The summed E-state index contributed by atoms with van der Waals surface area (Å²) in [5.41, 5.74) is 5.77. The summed E-state index contributed by atoms with van der Waals surface area (Å²) >= 11 is 5.51. The van der Waals surface area contributed by atoms with Gasteiger partial charge >= 0.3 is 0 Å². The van der Waals surface area contributed by atoms with E-state index in [-0.39, 0.29) is 17.8 Å². The van der Waals surface area contributed by atoms with E-state index in [4.69, 9.17) is 17.3 Å². The highest BCUT2D eigenvalue weighted by Gasteiger charge is 2.22. The largest absolute Gasteiger partial charge is 0.328 e. The highest BCUT2D eigenvalue weighted by atomic mass is 35.5. The predicted octanol–water partition coefficient (Wildman–Crippen LogP) is 1.19. The average molecular weight is 269 g/mol. The average Bonchev–Trinajstić information content (AvgIpc) is 2.21. The highest BCUT2D eigenvalue weighted by Crippen LogP contribution is 2.17. The second-order valence-corrected chi connectivity index (χ2v) is 6.70. The number of alkyl halides is 1. The van der Waals surface area contributed by atoms with Gasteiger partial charge in [0.1, 0.15) is 0 Å². The van der Waals surface area contributed by atoms with E-state index < -0.39 is 10.0 Å². The van der Waals surface area contributed by atoms with Gasteiger partial charge in [-0.2, -0.15) is 0 Å². The van der Waals surface area contributed by atoms with Crippen LogP contribution in [-0.4, -0.2) is 32.1 Å². The Balaban J connectivity index is 2.29. The van der Waals surface area contributed by atoms with Crippen molar-refractivity contribution in [2.75, 3.05) is 11.6 Å². The van der Waals surface area contributed by atoms with Gasteiger partial charge in [-0.1, -0.05) is 0 Å². The van der Waals surface area contributed by atoms with Crippen LogP contribution in [0.25, 0.3) is 0 Å². The van der Waals surface area contributed by atoms with Crippen LogP contribution in [0.15, 0.2) is 0 Å². The second kappa shape index (κ2) is 6.79. The van der Waals surface area contributed by atoms with E-state index >= 15 is 0 Å². The molecule has 0 unspecified atom stereocenters. The summed E-state index contributed by atoms with van der Waals surface area (Å²) in [5.74, 6) is 0.704. The van der Waals surface area contributed by atoms with Crippen LogP contribution in [0.3, 0.4) is 0 Å². The molecule has 0 aliphatic heterocycles. The summed E-state index contributed by atoms with van der Waals surface area (Å²) in [6.07, 6.45) is 4.92. The molecule has 0 aromatic rings. The molecule has 0 aromatic carbocycles. The molecule has 4 nitrogen and oxygen atoms in total. The summed E-state index contributed by atoms with van der Waals surface area (Å²) in [4.78, 5) is 0. The molecule has 1 aliphatic carbocycles. The van der Waals surface area contributed by atoms with Gasteiger partial charge in [0.25, 0.3) is 0 Å². The molecule has 0 atom stereocenters. The standard InChI is InChI=1S/C10H21ClN2O2S/c11-7-1-2-8-16(14,15)13-10-5-3-9(12)4-6-10/h9-10,13H,1-8,12H2. The summed E-state index contributed by atoms with van der Waals surface area (Å²) < 4.78 is 26.1. The first-order valence-corrected chi connectivity index (χ1v) is 8.04. The Kier molecular flexibility index (Phi) is 6.03. The van der Waals surface area contributed by atoms with Gasteiger partial charge in [-0.25, -0.2) is 13.1 Å². The third-order valence-corrected chi connectivity index (χ3v) is 4.70. The molecule has 0 bridgehead atoms. The van der Waals surface area contributed by atoms with Gasteiger partial charge < -0.3 is 5.73 Å². The van der Waals surface area contributed by atoms with E-state index in [1.54, 1.807) is 0 Å². The molecule has 3 N–H and O–H groups in total. The molecule has 0 heterocycles. The Morgan fingerprint density at radius 1 is 1.19 bits per heavy atom. The number of nitrogens with two attached hydrogens (primary N) is 1. The maximum absolute atomic E-state index is 11.7. The van der Waals surface area contributed by atoms with Crippen molar-refractivity contribution in [1.82, 2.24) is 4.72 Å². The third kappa shape index (κ3) is 5.48. The molecule has 0 saturated heterocycles. The molecule has 0 aromatic heterocycles. The maximum atomic E-state index is 11.7. The Bertz CT molecular complexity index is 287. The molecule has 96 valence electrons. The fourth-order valence-electron chi connectivity index (χ4n) is 1.94. The van der Waals surface area contributed by atoms with Crippen LogP contribution in [0.1, 0.15) is 38.5 Å². The van der Waals surface area contributed by atoms with Crippen LogP contribution < -0.4 is 10.5 Å². The first kappa shape index (κ1) is 14.2. The zero-order valence-electron chi connectivity index (χ0n) is 9.49. The number of hydrogen-bond acceptors (Lipinski definition) is 3. The fraction of sp³-hybridized carbons (Fsp3) is 1.00. The van der Waals surface area contributed by atoms with Crippen molar-refractivity contribution in [3.05, 3.63) is 0 Å². The fourth-order valence-corrected chi connectivity index (χ4v) is 3.57. The van der Waals surface area contributed by atoms with E-state index in [9.17, 15) is 8.42 Å². The minimum atomic E-state index is -3.12. The van der Waals surface area contributed by atoms with Crippen molar-refractivity contribution in [3.63, 3.8) is 0 Å². The molecule has 1 aliphatic rings. The Morgan fingerprint density at radius 3 is 2.38 bits per heavy atom. The molecular formula is C10H21ClN2O2S. The number of halogens is 1. The molecule has 6 heteroatoms. The minimum Gasteiger partial charge on any atom is -0.328 e. The zero-order chi connectivity index (χ0) is 12.0. The lowest BCUT2D eigenvalue weighted by Crippen LogP contribution is -2.41. The van der Waals surface area contributed by atoms with Gasteiger partial charge in [-0.15, -0.1) is 11.6 Å². The van der Waals surface area contributed by atoms with Crippen LogP contribution in [0.4, 0.5) is 0 Å². The van der Waals surface area contributed by atoms with E-state index in [0.29, 0.717) is 12.3 Å². The van der Waals surface area contributed by atoms with Crippen LogP contribution >= 0.6 is 11.6 Å². The first-order chi connectivity index (χ1) is 7.53. The van der Waals surface area contributed by atoms with E-state index in [1.807, 2.05) is 0 Å². The van der Waals surface area contributed by atoms with Gasteiger partial charge in [-0.3, -0.25) is 0 Å². The smallest absolute Gasteiger partial charge is 0.211 e. The Hall–Kier alpha value is 0.160. The number of nitrogens with one attached hydrogen (secondary N) is 1. The van der Waals surface area contributed by atoms with E-state index in [1.165, 1.54) is 0 Å². The molecule has 1 rings (SSSR count). The summed E-state index contributed by atoms with van der Waals surface area (Å²) in [6.45, 7) is 0. The maximum Gasteiger partial charge on any atom is 0.211 e. The second-order valence-electron chi connectivity index (χ2n) is 4.44. The molecule has 0 radical (unpaired) electrons. The van der Waals surface area contributed by atoms with E-state index in [2.05, 4.69) is 4.72 Å². The van der Waals surface area contributed by atoms with Crippen LogP contribution in [0.5, 0.6) is 0 Å². The third-order valence-electron chi connectivity index (χ3n) is 2.91. The van der Waals surface area contributed by atoms with Gasteiger partial charge in [-0.05, 0) is 38.5 Å². The molecule has 1 fully saturated rings. The van der Waals surface area contributed by atoms with Crippen molar-refractivity contribution in [1.29, 1.82) is 0 Å². The number of hydrogen-bond donors (Lipinski definition) is 2. The SMILES string of the molecule is NC1CCC(NS(=O)(=O)CCCCCl)CC1. The molecule has 0 amide bonds. The lowest BCUT2D eigenvalue weighted by Gasteiger charge is -2.26. The van der Waals surface area contributed by atoms with Crippen molar-refractivity contribution >= 4 is 21.6 Å².